The molecule has 114 valence electrons. The number of carbonyl (C=O) groups excluding carboxylic acids is 1. The Bertz CT molecular complexity index is 510. The highest BCUT2D eigenvalue weighted by atomic mass is 32.2. The third-order valence-corrected chi connectivity index (χ3v) is 6.87. The van der Waals surface area contributed by atoms with Crippen LogP contribution in [0.4, 0.5) is 0 Å². The standard InChI is InChI=1S/C16H21NO2S2/c1-16(2)11-17(7-8-19-16)14(18)12-3-5-13(6-4-12)15-20-9-10-21-15/h3-6,15H,7-11H2,1-2H3. The van der Waals surface area contributed by atoms with Crippen LogP contribution in [0.5, 0.6) is 0 Å². The van der Waals surface area contributed by atoms with Crippen LogP contribution in [0.15, 0.2) is 24.3 Å². The van der Waals surface area contributed by atoms with Gasteiger partial charge in [-0.2, -0.15) is 0 Å². The molecule has 2 heterocycles. The summed E-state index contributed by atoms with van der Waals surface area (Å²) < 4.78 is 6.21. The summed E-state index contributed by atoms with van der Waals surface area (Å²) >= 11 is 3.98. The van der Waals surface area contributed by atoms with E-state index in [2.05, 4.69) is 12.1 Å². The zero-order chi connectivity index (χ0) is 14.9. The SMILES string of the molecule is CC1(C)CN(C(=O)c2ccc(C3SCCS3)cc2)CCO1. The molecule has 0 aliphatic carbocycles. The summed E-state index contributed by atoms with van der Waals surface area (Å²) in [7, 11) is 0. The van der Waals surface area contributed by atoms with Gasteiger partial charge >= 0.3 is 0 Å². The van der Waals surface area contributed by atoms with Gasteiger partial charge in [-0.25, -0.2) is 0 Å². The second-order valence-electron chi connectivity index (χ2n) is 6.03. The maximum Gasteiger partial charge on any atom is 0.254 e. The van der Waals surface area contributed by atoms with Crippen LogP contribution in [0.2, 0.25) is 0 Å². The van der Waals surface area contributed by atoms with Gasteiger partial charge in [0.1, 0.15) is 0 Å². The Morgan fingerprint density at radius 2 is 1.90 bits per heavy atom. The average molecular weight is 323 g/mol. The van der Waals surface area contributed by atoms with Gasteiger partial charge in [0.2, 0.25) is 0 Å². The first-order valence-electron chi connectivity index (χ1n) is 7.32. The number of amides is 1. The van der Waals surface area contributed by atoms with Crippen molar-refractivity contribution in [2.75, 3.05) is 31.2 Å². The smallest absolute Gasteiger partial charge is 0.254 e. The molecule has 0 atom stereocenters. The van der Waals surface area contributed by atoms with Gasteiger partial charge in [0.05, 0.1) is 16.8 Å². The van der Waals surface area contributed by atoms with Gasteiger partial charge in [-0.15, -0.1) is 23.5 Å². The van der Waals surface area contributed by atoms with Gasteiger partial charge in [-0.05, 0) is 31.5 Å². The number of rotatable bonds is 2. The number of nitrogens with zero attached hydrogens (tertiary/aromatic N) is 1. The number of morpholine rings is 1. The first-order valence-corrected chi connectivity index (χ1v) is 9.41. The van der Waals surface area contributed by atoms with Gasteiger partial charge < -0.3 is 9.64 Å². The second kappa shape index (κ2) is 6.23. The van der Waals surface area contributed by atoms with Gasteiger partial charge in [-0.3, -0.25) is 4.79 Å². The number of carbonyl (C=O) groups is 1. The Labute approximate surface area is 134 Å². The molecule has 1 amide bonds. The van der Waals surface area contributed by atoms with Crippen molar-refractivity contribution >= 4 is 29.4 Å². The summed E-state index contributed by atoms with van der Waals surface area (Å²) in [6.07, 6.45) is 0. The quantitative estimate of drug-likeness (QED) is 0.834. The lowest BCUT2D eigenvalue weighted by molar-refractivity contribution is -0.0764. The van der Waals surface area contributed by atoms with Crippen molar-refractivity contribution in [3.05, 3.63) is 35.4 Å². The molecule has 2 fully saturated rings. The second-order valence-corrected chi connectivity index (χ2v) is 8.75. The Kier molecular flexibility index (Phi) is 4.52. The Hall–Kier alpha value is -0.650. The van der Waals surface area contributed by atoms with E-state index in [9.17, 15) is 4.79 Å². The van der Waals surface area contributed by atoms with Crippen molar-refractivity contribution in [2.24, 2.45) is 0 Å². The molecule has 3 rings (SSSR count). The van der Waals surface area contributed by atoms with Crippen LogP contribution in [-0.4, -0.2) is 47.6 Å². The van der Waals surface area contributed by atoms with Crippen molar-refractivity contribution < 1.29 is 9.53 Å². The van der Waals surface area contributed by atoms with Crippen molar-refractivity contribution in [1.82, 2.24) is 4.90 Å². The maximum atomic E-state index is 12.6. The van der Waals surface area contributed by atoms with E-state index < -0.39 is 0 Å². The van der Waals surface area contributed by atoms with Crippen LogP contribution >= 0.6 is 23.5 Å². The Morgan fingerprint density at radius 3 is 2.52 bits per heavy atom. The number of benzene rings is 1. The summed E-state index contributed by atoms with van der Waals surface area (Å²) in [6, 6.07) is 8.16. The molecule has 3 nitrogen and oxygen atoms in total. The van der Waals surface area contributed by atoms with Gasteiger partial charge in [-0.1, -0.05) is 12.1 Å². The number of hydrogen-bond acceptors (Lipinski definition) is 4. The maximum absolute atomic E-state index is 12.6. The van der Waals surface area contributed by atoms with E-state index in [0.29, 0.717) is 24.3 Å². The molecule has 0 radical (unpaired) electrons. The van der Waals surface area contributed by atoms with Crippen LogP contribution < -0.4 is 0 Å². The van der Waals surface area contributed by atoms with E-state index in [1.54, 1.807) is 0 Å². The van der Waals surface area contributed by atoms with Gasteiger partial charge in [0.15, 0.2) is 0 Å². The fraction of sp³-hybridized carbons (Fsp3) is 0.562. The Morgan fingerprint density at radius 1 is 1.24 bits per heavy atom. The lowest BCUT2D eigenvalue weighted by Crippen LogP contribution is -2.50. The van der Waals surface area contributed by atoms with E-state index in [1.807, 2.05) is 54.4 Å². The van der Waals surface area contributed by atoms with Crippen molar-refractivity contribution in [1.29, 1.82) is 0 Å². The summed E-state index contributed by atoms with van der Waals surface area (Å²) in [5.41, 5.74) is 1.86. The average Bonchev–Trinajstić information content (AvgIpc) is 3.00. The molecule has 0 N–H and O–H groups in total. The van der Waals surface area contributed by atoms with E-state index in [-0.39, 0.29) is 11.5 Å². The number of hydrogen-bond donors (Lipinski definition) is 0. The first-order chi connectivity index (χ1) is 10.1. The monoisotopic (exact) mass is 323 g/mol. The molecule has 5 heteroatoms. The fourth-order valence-corrected chi connectivity index (χ4v) is 5.57. The first kappa shape index (κ1) is 15.3. The summed E-state index contributed by atoms with van der Waals surface area (Å²) in [4.78, 5) is 14.5. The highest BCUT2D eigenvalue weighted by Crippen LogP contribution is 2.45. The van der Waals surface area contributed by atoms with Crippen molar-refractivity contribution in [2.45, 2.75) is 24.0 Å². The third-order valence-electron chi connectivity index (χ3n) is 3.76. The zero-order valence-electron chi connectivity index (χ0n) is 12.5. The number of ether oxygens (including phenoxy) is 1. The Balaban J connectivity index is 1.69. The van der Waals surface area contributed by atoms with Crippen LogP contribution in [0.3, 0.4) is 0 Å². The highest BCUT2D eigenvalue weighted by Gasteiger charge is 2.30. The lowest BCUT2D eigenvalue weighted by atomic mass is 10.1. The molecular formula is C16H21NO2S2. The molecule has 0 bridgehead atoms. The van der Waals surface area contributed by atoms with Crippen LogP contribution in [0, 0.1) is 0 Å². The molecule has 0 saturated carbocycles. The van der Waals surface area contributed by atoms with Gasteiger partial charge in [0, 0.05) is 30.2 Å². The molecule has 0 unspecified atom stereocenters. The molecule has 2 aliphatic rings. The molecule has 0 aromatic heterocycles. The van der Waals surface area contributed by atoms with Crippen molar-refractivity contribution in [3.8, 4) is 0 Å². The van der Waals surface area contributed by atoms with E-state index in [4.69, 9.17) is 4.74 Å². The molecule has 1 aromatic rings. The van der Waals surface area contributed by atoms with Crippen LogP contribution in [0.25, 0.3) is 0 Å². The minimum absolute atomic E-state index is 0.115. The molecule has 2 saturated heterocycles. The lowest BCUT2D eigenvalue weighted by Gasteiger charge is -2.38. The minimum Gasteiger partial charge on any atom is -0.372 e. The zero-order valence-corrected chi connectivity index (χ0v) is 14.1. The van der Waals surface area contributed by atoms with Crippen molar-refractivity contribution in [3.63, 3.8) is 0 Å². The summed E-state index contributed by atoms with van der Waals surface area (Å²) in [5.74, 6) is 2.56. The van der Waals surface area contributed by atoms with Crippen LogP contribution in [-0.2, 0) is 4.74 Å². The molecule has 0 spiro atoms. The minimum atomic E-state index is -0.245. The topological polar surface area (TPSA) is 29.5 Å². The summed E-state index contributed by atoms with van der Waals surface area (Å²) in [6.45, 7) is 6.01. The number of thioether (sulfide) groups is 2. The largest absolute Gasteiger partial charge is 0.372 e. The van der Waals surface area contributed by atoms with E-state index >= 15 is 0 Å². The fourth-order valence-electron chi connectivity index (χ4n) is 2.71. The molecule has 21 heavy (non-hydrogen) atoms. The van der Waals surface area contributed by atoms with Crippen LogP contribution in [0.1, 0.15) is 34.4 Å². The van der Waals surface area contributed by atoms with Gasteiger partial charge in [0.25, 0.3) is 5.91 Å². The highest BCUT2D eigenvalue weighted by molar-refractivity contribution is 8.19. The molecule has 2 aliphatic heterocycles. The third kappa shape index (κ3) is 3.58. The summed E-state index contributed by atoms with van der Waals surface area (Å²) in [5, 5.41) is 0. The molecular weight excluding hydrogens is 302 g/mol. The molecule has 1 aromatic carbocycles. The van der Waals surface area contributed by atoms with E-state index in [0.717, 1.165) is 5.56 Å². The predicted molar refractivity (Wildman–Crippen MR) is 90.0 cm³/mol. The normalized spacial score (nSPS) is 22.5. The van der Waals surface area contributed by atoms with E-state index in [1.165, 1.54) is 17.1 Å². The predicted octanol–water partition coefficient (Wildman–Crippen LogP) is 3.42.